The predicted octanol–water partition coefficient (Wildman–Crippen LogP) is 3.55. The number of hydrogen-bond donors (Lipinski definition) is 2. The maximum absolute atomic E-state index is 12.3. The molecule has 0 bridgehead atoms. The molecule has 0 spiro atoms. The molecule has 160 valence electrons. The van der Waals surface area contributed by atoms with Crippen LogP contribution in [0.4, 0.5) is 5.95 Å². The lowest BCUT2D eigenvalue weighted by atomic mass is 10.1. The number of nitrogens with one attached hydrogen (secondary N) is 2. The normalized spacial score (nSPS) is 10.8. The number of amides is 1. The largest absolute Gasteiger partial charge is 0.481 e. The molecule has 0 radical (unpaired) electrons. The molecule has 0 fully saturated rings. The topological polar surface area (TPSA) is 94.0 Å². The van der Waals surface area contributed by atoms with Gasteiger partial charge in [0.15, 0.2) is 0 Å². The fourth-order valence-electron chi connectivity index (χ4n) is 3.07. The van der Waals surface area contributed by atoms with Crippen LogP contribution in [0.3, 0.4) is 0 Å². The van der Waals surface area contributed by atoms with Crippen LogP contribution in [0.2, 0.25) is 0 Å². The van der Waals surface area contributed by atoms with Gasteiger partial charge < -0.3 is 4.74 Å². The van der Waals surface area contributed by atoms with Gasteiger partial charge in [-0.3, -0.25) is 20.3 Å². The van der Waals surface area contributed by atoms with Crippen molar-refractivity contribution in [3.05, 3.63) is 96.3 Å². The lowest BCUT2D eigenvalue weighted by molar-refractivity contribution is -0.116. The minimum Gasteiger partial charge on any atom is -0.481 e. The minimum atomic E-state index is -0.355. The van der Waals surface area contributed by atoms with Crippen LogP contribution in [0.1, 0.15) is 11.1 Å². The number of carbonyl (C=O) groups is 1. The van der Waals surface area contributed by atoms with Gasteiger partial charge in [0.1, 0.15) is 0 Å². The number of nitrogens with zero attached hydrogens (tertiary/aromatic N) is 4. The molecule has 2 aromatic carbocycles. The van der Waals surface area contributed by atoms with Gasteiger partial charge in [0.2, 0.25) is 11.8 Å². The molecule has 0 aliphatic heterocycles. The third-order valence-corrected chi connectivity index (χ3v) is 4.58. The molecule has 8 heteroatoms. The van der Waals surface area contributed by atoms with E-state index in [0.29, 0.717) is 12.4 Å². The second-order valence-electron chi connectivity index (χ2n) is 6.85. The first-order valence-electron chi connectivity index (χ1n) is 9.99. The highest BCUT2D eigenvalue weighted by molar-refractivity contribution is 5.93. The van der Waals surface area contributed by atoms with Gasteiger partial charge in [0, 0.05) is 35.7 Å². The first-order chi connectivity index (χ1) is 15.7. The number of methoxy groups -OCH3 is 1. The van der Waals surface area contributed by atoms with Crippen molar-refractivity contribution in [1.82, 2.24) is 25.2 Å². The van der Waals surface area contributed by atoms with Crippen LogP contribution < -0.4 is 15.6 Å². The highest BCUT2D eigenvalue weighted by Gasteiger charge is 2.10. The molecule has 0 atom stereocenters. The van der Waals surface area contributed by atoms with Crippen molar-refractivity contribution in [1.29, 1.82) is 0 Å². The van der Waals surface area contributed by atoms with E-state index in [0.717, 1.165) is 22.4 Å². The van der Waals surface area contributed by atoms with Crippen molar-refractivity contribution < 1.29 is 9.53 Å². The summed E-state index contributed by atoms with van der Waals surface area (Å²) in [4.78, 5) is 20.4. The second kappa shape index (κ2) is 10.0. The number of hydrazine groups is 1. The monoisotopic (exact) mass is 426 g/mol. The summed E-state index contributed by atoms with van der Waals surface area (Å²) in [6.07, 6.45) is 6.63. The molecular weight excluding hydrogens is 404 g/mol. The summed E-state index contributed by atoms with van der Waals surface area (Å²) < 4.78 is 6.91. The zero-order valence-corrected chi connectivity index (χ0v) is 17.5. The molecule has 1 amide bonds. The number of ether oxygens (including phenoxy) is 1. The van der Waals surface area contributed by atoms with Crippen LogP contribution >= 0.6 is 0 Å². The van der Waals surface area contributed by atoms with E-state index in [1.807, 2.05) is 59.4 Å². The average Bonchev–Trinajstić information content (AvgIpc) is 3.25. The third kappa shape index (κ3) is 5.37. The van der Waals surface area contributed by atoms with Gasteiger partial charge in [-0.05, 0) is 11.6 Å². The lowest BCUT2D eigenvalue weighted by Gasteiger charge is -2.05. The zero-order chi connectivity index (χ0) is 22.2. The summed E-state index contributed by atoms with van der Waals surface area (Å²) in [5.74, 6) is 0.267. The van der Waals surface area contributed by atoms with Crippen molar-refractivity contribution in [2.24, 2.45) is 0 Å². The minimum absolute atomic E-state index is 0.228. The average molecular weight is 426 g/mol. The van der Waals surface area contributed by atoms with Crippen LogP contribution in [0.15, 0.2) is 85.2 Å². The number of rotatable bonds is 8. The summed E-state index contributed by atoms with van der Waals surface area (Å²) in [7, 11) is 1.51. The van der Waals surface area contributed by atoms with Gasteiger partial charge in [0.25, 0.3) is 5.91 Å². The van der Waals surface area contributed by atoms with Crippen molar-refractivity contribution >= 4 is 17.9 Å². The molecule has 8 nitrogen and oxygen atoms in total. The maximum Gasteiger partial charge on any atom is 0.262 e. The Kier molecular flexibility index (Phi) is 6.52. The summed E-state index contributed by atoms with van der Waals surface area (Å²) in [5, 5.41) is 4.75. The molecule has 32 heavy (non-hydrogen) atoms. The Morgan fingerprint density at radius 1 is 1.06 bits per heavy atom. The molecule has 4 aromatic rings. The molecule has 0 saturated heterocycles. The Labute approximate surface area is 185 Å². The van der Waals surface area contributed by atoms with Crippen LogP contribution in [0.25, 0.3) is 17.3 Å². The van der Waals surface area contributed by atoms with Crippen molar-refractivity contribution in [2.75, 3.05) is 12.5 Å². The van der Waals surface area contributed by atoms with Gasteiger partial charge in [-0.2, -0.15) is 10.1 Å². The highest BCUT2D eigenvalue weighted by atomic mass is 16.5. The van der Waals surface area contributed by atoms with Gasteiger partial charge in [0.05, 0.1) is 19.3 Å². The Balaban J connectivity index is 1.50. The molecule has 0 saturated carbocycles. The molecule has 4 rings (SSSR count). The summed E-state index contributed by atoms with van der Waals surface area (Å²) in [5.41, 5.74) is 8.96. The SMILES string of the molecule is COc1ccnc(NNC(=O)/C=C/c2cn(Cc3ccccc3)nc2-c2ccccc2)n1. The predicted molar refractivity (Wildman–Crippen MR) is 123 cm³/mol. The van der Waals surface area contributed by atoms with E-state index in [4.69, 9.17) is 9.84 Å². The van der Waals surface area contributed by atoms with Crippen LogP contribution in [0.5, 0.6) is 5.88 Å². The van der Waals surface area contributed by atoms with E-state index < -0.39 is 0 Å². The number of carbonyl (C=O) groups excluding carboxylic acids is 1. The van der Waals surface area contributed by atoms with Gasteiger partial charge in [-0.15, -0.1) is 0 Å². The fourth-order valence-corrected chi connectivity index (χ4v) is 3.07. The zero-order valence-electron chi connectivity index (χ0n) is 17.5. The van der Waals surface area contributed by atoms with E-state index in [1.165, 1.54) is 19.4 Å². The van der Waals surface area contributed by atoms with E-state index in [1.54, 1.807) is 12.1 Å². The molecule has 2 N–H and O–H groups in total. The third-order valence-electron chi connectivity index (χ3n) is 4.58. The van der Waals surface area contributed by atoms with E-state index in [2.05, 4.69) is 33.0 Å². The standard InChI is InChI=1S/C24H22N6O2/c1-32-22-14-15-25-24(26-22)28-27-21(31)13-12-20-17-30(16-18-8-4-2-5-9-18)29-23(20)19-10-6-3-7-11-19/h2-15,17H,16H2,1H3,(H,27,31)(H,25,26,28)/b13-12+. The van der Waals surface area contributed by atoms with Crippen molar-refractivity contribution in [3.63, 3.8) is 0 Å². The van der Waals surface area contributed by atoms with E-state index in [-0.39, 0.29) is 11.9 Å². The Hall–Kier alpha value is -4.46. The number of anilines is 1. The van der Waals surface area contributed by atoms with Crippen LogP contribution in [0, 0.1) is 0 Å². The molecule has 2 aromatic heterocycles. The van der Waals surface area contributed by atoms with Crippen LogP contribution in [-0.4, -0.2) is 32.8 Å². The summed E-state index contributed by atoms with van der Waals surface area (Å²) >= 11 is 0. The van der Waals surface area contributed by atoms with Gasteiger partial charge in [-0.1, -0.05) is 60.7 Å². The second-order valence-corrected chi connectivity index (χ2v) is 6.85. The summed E-state index contributed by atoms with van der Waals surface area (Å²) in [6, 6.07) is 21.6. The Morgan fingerprint density at radius 2 is 1.81 bits per heavy atom. The lowest BCUT2D eigenvalue weighted by Crippen LogP contribution is -2.28. The number of aromatic nitrogens is 4. The molecule has 2 heterocycles. The number of benzene rings is 2. The van der Waals surface area contributed by atoms with Crippen molar-refractivity contribution in [2.45, 2.75) is 6.54 Å². The first-order valence-corrected chi connectivity index (χ1v) is 9.99. The smallest absolute Gasteiger partial charge is 0.262 e. The molecule has 0 aliphatic rings. The quantitative estimate of drug-likeness (QED) is 0.331. The Bertz CT molecular complexity index is 1210. The molecule has 0 unspecified atom stereocenters. The van der Waals surface area contributed by atoms with E-state index in [9.17, 15) is 4.79 Å². The van der Waals surface area contributed by atoms with Gasteiger partial charge >= 0.3 is 0 Å². The van der Waals surface area contributed by atoms with Crippen molar-refractivity contribution in [3.8, 4) is 17.1 Å². The van der Waals surface area contributed by atoms with E-state index >= 15 is 0 Å². The maximum atomic E-state index is 12.3. The Morgan fingerprint density at radius 3 is 2.56 bits per heavy atom. The fraction of sp³-hybridized carbons (Fsp3) is 0.0833. The van der Waals surface area contributed by atoms with Crippen LogP contribution in [-0.2, 0) is 11.3 Å². The highest BCUT2D eigenvalue weighted by Crippen LogP contribution is 2.23. The molecular formula is C24H22N6O2. The number of hydrogen-bond acceptors (Lipinski definition) is 6. The molecule has 0 aliphatic carbocycles. The first kappa shape index (κ1) is 20.8. The summed E-state index contributed by atoms with van der Waals surface area (Å²) in [6.45, 7) is 0.634. The van der Waals surface area contributed by atoms with Gasteiger partial charge in [-0.25, -0.2) is 4.98 Å².